The van der Waals surface area contributed by atoms with Crippen molar-refractivity contribution in [2.45, 2.75) is 13.5 Å². The zero-order chi connectivity index (χ0) is 17.6. The lowest BCUT2D eigenvalue weighted by atomic mass is 10.1. The molecule has 1 heterocycles. The van der Waals surface area contributed by atoms with Crippen LogP contribution >= 0.6 is 11.6 Å². The van der Waals surface area contributed by atoms with E-state index in [1.807, 2.05) is 42.5 Å². The molecule has 0 bridgehead atoms. The Morgan fingerprint density at radius 1 is 1.16 bits per heavy atom. The van der Waals surface area contributed by atoms with Crippen molar-refractivity contribution in [1.82, 2.24) is 25.6 Å². The average molecular weight is 355 g/mol. The van der Waals surface area contributed by atoms with E-state index in [1.165, 1.54) is 4.80 Å². The van der Waals surface area contributed by atoms with Gasteiger partial charge in [0.1, 0.15) is 6.54 Å². The number of nitrogens with one attached hydrogen (secondary N) is 1. The number of halogens is 1. The van der Waals surface area contributed by atoms with Crippen molar-refractivity contribution in [1.29, 1.82) is 0 Å². The highest BCUT2D eigenvalue weighted by Crippen LogP contribution is 2.12. The van der Waals surface area contributed by atoms with Crippen molar-refractivity contribution in [3.63, 3.8) is 0 Å². The van der Waals surface area contributed by atoms with Crippen LogP contribution in [0.15, 0.2) is 59.7 Å². The van der Waals surface area contributed by atoms with Crippen LogP contribution in [0.3, 0.4) is 0 Å². The van der Waals surface area contributed by atoms with Crippen LogP contribution in [0.5, 0.6) is 0 Å². The number of nitrogens with zero attached hydrogens (tertiary/aromatic N) is 5. The molecule has 0 radical (unpaired) electrons. The number of hydrazone groups is 1. The molecule has 0 spiro atoms. The van der Waals surface area contributed by atoms with E-state index in [-0.39, 0.29) is 12.5 Å². The number of rotatable bonds is 5. The number of hydrogen-bond donors (Lipinski definition) is 1. The van der Waals surface area contributed by atoms with E-state index in [1.54, 1.807) is 19.1 Å². The van der Waals surface area contributed by atoms with Gasteiger partial charge in [0, 0.05) is 10.6 Å². The summed E-state index contributed by atoms with van der Waals surface area (Å²) in [4.78, 5) is 13.2. The minimum atomic E-state index is -0.342. The predicted octanol–water partition coefficient (Wildman–Crippen LogP) is 2.53. The minimum absolute atomic E-state index is 0.0722. The Morgan fingerprint density at radius 2 is 1.88 bits per heavy atom. The first-order valence-corrected chi connectivity index (χ1v) is 7.92. The second kappa shape index (κ2) is 7.67. The number of aromatic nitrogens is 4. The maximum absolute atomic E-state index is 12.0. The molecule has 0 fully saturated rings. The Hall–Kier alpha value is -3.06. The predicted molar refractivity (Wildman–Crippen MR) is 95.1 cm³/mol. The van der Waals surface area contributed by atoms with Gasteiger partial charge < -0.3 is 0 Å². The lowest BCUT2D eigenvalue weighted by Crippen LogP contribution is -2.25. The molecule has 3 aromatic rings. The van der Waals surface area contributed by atoms with Gasteiger partial charge in [-0.2, -0.15) is 9.90 Å². The molecule has 0 saturated heterocycles. The summed E-state index contributed by atoms with van der Waals surface area (Å²) < 4.78 is 0. The van der Waals surface area contributed by atoms with Crippen LogP contribution in [0.2, 0.25) is 5.02 Å². The highest BCUT2D eigenvalue weighted by atomic mass is 35.5. The summed E-state index contributed by atoms with van der Waals surface area (Å²) in [6.07, 6.45) is 0. The molecule has 1 aromatic heterocycles. The maximum atomic E-state index is 12.0. The molecule has 126 valence electrons. The van der Waals surface area contributed by atoms with E-state index in [2.05, 4.69) is 25.9 Å². The van der Waals surface area contributed by atoms with Crippen LogP contribution < -0.4 is 5.43 Å². The summed E-state index contributed by atoms with van der Waals surface area (Å²) in [6, 6.07) is 16.6. The van der Waals surface area contributed by atoms with E-state index in [4.69, 9.17) is 11.6 Å². The molecule has 0 saturated carbocycles. The number of carbonyl (C=O) groups is 1. The number of tetrazole rings is 1. The molecule has 3 rings (SSSR count). The first kappa shape index (κ1) is 16.8. The van der Waals surface area contributed by atoms with Gasteiger partial charge in [0.05, 0.1) is 5.71 Å². The third-order valence-corrected chi connectivity index (χ3v) is 3.63. The van der Waals surface area contributed by atoms with Gasteiger partial charge in [-0.3, -0.25) is 4.79 Å². The van der Waals surface area contributed by atoms with Gasteiger partial charge in [0.15, 0.2) is 0 Å². The first-order chi connectivity index (χ1) is 12.1. The summed E-state index contributed by atoms with van der Waals surface area (Å²) >= 11 is 5.85. The number of benzene rings is 2. The summed E-state index contributed by atoms with van der Waals surface area (Å²) in [7, 11) is 0. The van der Waals surface area contributed by atoms with Crippen LogP contribution in [0.1, 0.15) is 12.5 Å². The fourth-order valence-electron chi connectivity index (χ4n) is 2.08. The normalized spacial score (nSPS) is 11.4. The standard InChI is InChI=1S/C17H15ClN6O/c1-12(13-7-9-15(18)10-8-13)19-20-16(25)11-24-22-17(21-23-24)14-5-3-2-4-6-14/h2-10H,11H2,1H3,(H,20,25)/b19-12-. The number of amides is 1. The lowest BCUT2D eigenvalue weighted by molar-refractivity contribution is -0.122. The minimum Gasteiger partial charge on any atom is -0.271 e. The van der Waals surface area contributed by atoms with Gasteiger partial charge in [-0.15, -0.1) is 10.2 Å². The summed E-state index contributed by atoms with van der Waals surface area (Å²) in [5.74, 6) is 0.125. The summed E-state index contributed by atoms with van der Waals surface area (Å²) in [5, 5.41) is 16.7. The van der Waals surface area contributed by atoms with Gasteiger partial charge in [-0.05, 0) is 29.8 Å². The molecule has 0 atom stereocenters. The Morgan fingerprint density at radius 3 is 2.60 bits per heavy atom. The summed E-state index contributed by atoms with van der Waals surface area (Å²) in [5.41, 5.74) is 4.86. The number of hydrogen-bond acceptors (Lipinski definition) is 5. The quantitative estimate of drug-likeness (QED) is 0.563. The monoisotopic (exact) mass is 354 g/mol. The molecule has 0 aliphatic rings. The third kappa shape index (κ3) is 4.48. The molecule has 0 aliphatic heterocycles. The Labute approximate surface area is 149 Å². The van der Waals surface area contributed by atoms with E-state index in [9.17, 15) is 4.79 Å². The molecule has 2 aromatic carbocycles. The molecule has 25 heavy (non-hydrogen) atoms. The van der Waals surface area contributed by atoms with Crippen molar-refractivity contribution in [3.05, 3.63) is 65.2 Å². The fourth-order valence-corrected chi connectivity index (χ4v) is 2.20. The molecular formula is C17H15ClN6O. The van der Waals surface area contributed by atoms with Gasteiger partial charge >= 0.3 is 0 Å². The second-order valence-corrected chi connectivity index (χ2v) is 5.68. The van der Waals surface area contributed by atoms with E-state index < -0.39 is 0 Å². The molecule has 1 N–H and O–H groups in total. The van der Waals surface area contributed by atoms with Crippen molar-refractivity contribution in [2.75, 3.05) is 0 Å². The second-order valence-electron chi connectivity index (χ2n) is 5.25. The lowest BCUT2D eigenvalue weighted by Gasteiger charge is -2.02. The van der Waals surface area contributed by atoms with Gasteiger partial charge in [-0.25, -0.2) is 5.43 Å². The molecule has 8 heteroatoms. The Kier molecular flexibility index (Phi) is 5.15. The SMILES string of the molecule is C/C(=N/NC(=O)Cn1nnc(-c2ccccc2)n1)c1ccc(Cl)cc1. The third-order valence-electron chi connectivity index (χ3n) is 3.38. The summed E-state index contributed by atoms with van der Waals surface area (Å²) in [6.45, 7) is 1.72. The molecular weight excluding hydrogens is 340 g/mol. The highest BCUT2D eigenvalue weighted by Gasteiger charge is 2.09. The van der Waals surface area contributed by atoms with Gasteiger partial charge in [0.25, 0.3) is 5.91 Å². The highest BCUT2D eigenvalue weighted by molar-refractivity contribution is 6.30. The topological polar surface area (TPSA) is 85.1 Å². The van der Waals surface area contributed by atoms with Crippen LogP contribution in [-0.2, 0) is 11.3 Å². The smallest absolute Gasteiger partial charge is 0.263 e. The van der Waals surface area contributed by atoms with Gasteiger partial charge in [0.2, 0.25) is 5.82 Å². The molecule has 7 nitrogen and oxygen atoms in total. The van der Waals surface area contributed by atoms with Crippen LogP contribution in [0.25, 0.3) is 11.4 Å². The van der Waals surface area contributed by atoms with Crippen molar-refractivity contribution < 1.29 is 4.79 Å². The van der Waals surface area contributed by atoms with Crippen molar-refractivity contribution in [3.8, 4) is 11.4 Å². The first-order valence-electron chi connectivity index (χ1n) is 7.54. The Balaban J connectivity index is 1.60. The van der Waals surface area contributed by atoms with Crippen LogP contribution in [0, 0.1) is 0 Å². The van der Waals surface area contributed by atoms with Crippen molar-refractivity contribution >= 4 is 23.2 Å². The molecule has 0 unspecified atom stereocenters. The van der Waals surface area contributed by atoms with E-state index in [0.717, 1.165) is 11.1 Å². The van der Waals surface area contributed by atoms with Crippen molar-refractivity contribution in [2.24, 2.45) is 5.10 Å². The van der Waals surface area contributed by atoms with Crippen LogP contribution in [-0.4, -0.2) is 31.8 Å². The Bertz CT molecular complexity index is 889. The number of carbonyl (C=O) groups excluding carboxylic acids is 1. The van der Waals surface area contributed by atoms with E-state index >= 15 is 0 Å². The zero-order valence-electron chi connectivity index (χ0n) is 13.4. The van der Waals surface area contributed by atoms with E-state index in [0.29, 0.717) is 16.6 Å². The zero-order valence-corrected chi connectivity index (χ0v) is 14.2. The molecule has 1 amide bonds. The van der Waals surface area contributed by atoms with Crippen LogP contribution in [0.4, 0.5) is 0 Å². The van der Waals surface area contributed by atoms with Gasteiger partial charge in [-0.1, -0.05) is 54.1 Å². The fraction of sp³-hybridized carbons (Fsp3) is 0.118. The maximum Gasteiger partial charge on any atom is 0.263 e. The average Bonchev–Trinajstić information content (AvgIpc) is 3.09. The molecule has 0 aliphatic carbocycles. The largest absolute Gasteiger partial charge is 0.271 e.